The van der Waals surface area contributed by atoms with Crippen molar-refractivity contribution >= 4 is 17.9 Å². The molecule has 1 unspecified atom stereocenters. The van der Waals surface area contributed by atoms with Crippen molar-refractivity contribution in [1.82, 2.24) is 0 Å². The number of esters is 3. The van der Waals surface area contributed by atoms with Gasteiger partial charge in [0.25, 0.3) is 0 Å². The molecule has 0 aromatic heterocycles. The van der Waals surface area contributed by atoms with Gasteiger partial charge in [-0.05, 0) is 103 Å². The molecule has 0 amide bonds. The van der Waals surface area contributed by atoms with E-state index in [1.54, 1.807) is 0 Å². The molecule has 0 saturated heterocycles. The third-order valence-corrected chi connectivity index (χ3v) is 14.6. The summed E-state index contributed by atoms with van der Waals surface area (Å²) in [4.78, 5) is 38.4. The van der Waals surface area contributed by atoms with Crippen LogP contribution >= 0.6 is 0 Å². The molecular formula is C73H126O6. The van der Waals surface area contributed by atoms with Crippen molar-refractivity contribution in [2.75, 3.05) is 13.2 Å². The number of unbranched alkanes of at least 4 members (excludes halogenated alkanes) is 34. The number of ether oxygens (including phenoxy) is 3. The highest BCUT2D eigenvalue weighted by molar-refractivity contribution is 5.71. The van der Waals surface area contributed by atoms with Crippen LogP contribution in [0, 0.1) is 0 Å². The first-order chi connectivity index (χ1) is 39.0. The maximum atomic E-state index is 13.0. The van der Waals surface area contributed by atoms with E-state index in [-0.39, 0.29) is 31.1 Å². The summed E-state index contributed by atoms with van der Waals surface area (Å²) < 4.78 is 16.9. The predicted octanol–water partition coefficient (Wildman–Crippen LogP) is 23.2. The van der Waals surface area contributed by atoms with Crippen molar-refractivity contribution in [2.24, 2.45) is 0 Å². The third-order valence-electron chi connectivity index (χ3n) is 14.6. The highest BCUT2D eigenvalue weighted by atomic mass is 16.6. The summed E-state index contributed by atoms with van der Waals surface area (Å²) in [5.41, 5.74) is 0. The summed E-state index contributed by atoms with van der Waals surface area (Å²) >= 11 is 0. The lowest BCUT2D eigenvalue weighted by molar-refractivity contribution is -0.167. The van der Waals surface area contributed by atoms with Crippen molar-refractivity contribution in [3.05, 3.63) is 97.2 Å². The Morgan fingerprint density at radius 2 is 0.494 bits per heavy atom. The summed E-state index contributed by atoms with van der Waals surface area (Å²) in [6.45, 7) is 6.52. The second-order valence-corrected chi connectivity index (χ2v) is 22.4. The van der Waals surface area contributed by atoms with Crippen molar-refractivity contribution in [3.63, 3.8) is 0 Å². The molecule has 0 aromatic carbocycles. The Balaban J connectivity index is 4.44. The van der Waals surface area contributed by atoms with Crippen LogP contribution in [0.25, 0.3) is 0 Å². The molecule has 0 radical (unpaired) electrons. The fourth-order valence-corrected chi connectivity index (χ4v) is 9.54. The molecule has 0 bridgehead atoms. The largest absolute Gasteiger partial charge is 0.462 e. The second kappa shape index (κ2) is 66.8. The Kier molecular flexibility index (Phi) is 63.7. The highest BCUT2D eigenvalue weighted by Gasteiger charge is 2.19. The van der Waals surface area contributed by atoms with Crippen LogP contribution < -0.4 is 0 Å². The molecule has 0 rings (SSSR count). The van der Waals surface area contributed by atoms with E-state index in [0.717, 1.165) is 116 Å². The smallest absolute Gasteiger partial charge is 0.306 e. The van der Waals surface area contributed by atoms with Gasteiger partial charge in [-0.25, -0.2) is 0 Å². The minimum absolute atomic E-state index is 0.0932. The van der Waals surface area contributed by atoms with E-state index in [1.807, 2.05) is 0 Å². The lowest BCUT2D eigenvalue weighted by atomic mass is 10.0. The van der Waals surface area contributed by atoms with E-state index in [2.05, 4.69) is 118 Å². The van der Waals surface area contributed by atoms with Gasteiger partial charge in [0.05, 0.1) is 0 Å². The number of allylic oxidation sites excluding steroid dienone is 16. The number of carbonyl (C=O) groups is 3. The van der Waals surface area contributed by atoms with Crippen LogP contribution in [0.4, 0.5) is 0 Å². The Hall–Kier alpha value is -3.67. The Bertz CT molecular complexity index is 1540. The second-order valence-electron chi connectivity index (χ2n) is 22.4. The molecule has 0 heterocycles. The topological polar surface area (TPSA) is 78.9 Å². The van der Waals surface area contributed by atoms with Crippen LogP contribution in [0.15, 0.2) is 97.2 Å². The molecule has 6 nitrogen and oxygen atoms in total. The Morgan fingerprint density at radius 1 is 0.266 bits per heavy atom. The first-order valence-corrected chi connectivity index (χ1v) is 33.7. The standard InChI is InChI=1S/C73H126O6/c1-4-7-10-13-16-19-22-25-28-31-34-36-39-42-45-48-51-54-57-60-63-66-72(75)78-69-70(68-77-71(74)65-62-59-56-53-50-47-44-41-38-33-30-27-24-21-18-15-12-9-6-3)79-73(76)67-64-61-58-55-52-49-46-43-40-37-35-32-29-26-23-20-17-14-11-8-5-2/h9,12,18,21-22,25,27,30-31,34,38-39,41-42,47,50,70H,4-8,10-11,13-17,19-20,23-24,26,28-29,32-33,35-37,40,43-46,48-49,51-69H2,1-3H3/b12-9-,21-18-,25-22-,30-27-,34-31-,41-38-,42-39-,50-47-. The number of hydrogen-bond acceptors (Lipinski definition) is 6. The van der Waals surface area contributed by atoms with E-state index in [1.165, 1.54) is 173 Å². The van der Waals surface area contributed by atoms with E-state index in [4.69, 9.17) is 14.2 Å². The molecule has 0 aromatic rings. The first-order valence-electron chi connectivity index (χ1n) is 33.7. The molecule has 0 saturated carbocycles. The SMILES string of the molecule is CC/C=C\C/C=C\C/C=C\C/C=C\C/C=C\CCCCCC(=O)OCC(COC(=O)CCCCCCCC/C=C\C/C=C\C/C=C\CCCCCCC)OC(=O)CCCCCCCCCCCCCCCCCCCCCCC. The fourth-order valence-electron chi connectivity index (χ4n) is 9.54. The normalized spacial score (nSPS) is 12.7. The van der Waals surface area contributed by atoms with E-state index < -0.39 is 6.10 Å². The highest BCUT2D eigenvalue weighted by Crippen LogP contribution is 2.17. The van der Waals surface area contributed by atoms with Gasteiger partial charge in [-0.1, -0.05) is 304 Å². The minimum atomic E-state index is -0.799. The zero-order valence-electron chi connectivity index (χ0n) is 52.1. The van der Waals surface area contributed by atoms with Gasteiger partial charge in [-0.3, -0.25) is 14.4 Å². The summed E-state index contributed by atoms with van der Waals surface area (Å²) in [5, 5.41) is 0. The van der Waals surface area contributed by atoms with Gasteiger partial charge in [-0.2, -0.15) is 0 Å². The van der Waals surface area contributed by atoms with Crippen molar-refractivity contribution in [1.29, 1.82) is 0 Å². The quantitative estimate of drug-likeness (QED) is 0.0261. The molecule has 0 aliphatic carbocycles. The van der Waals surface area contributed by atoms with E-state index in [9.17, 15) is 14.4 Å². The Morgan fingerprint density at radius 3 is 0.785 bits per heavy atom. The fraction of sp³-hybridized carbons (Fsp3) is 0.740. The number of carbonyl (C=O) groups excluding carboxylic acids is 3. The van der Waals surface area contributed by atoms with Crippen molar-refractivity contribution < 1.29 is 28.6 Å². The molecule has 0 aliphatic heterocycles. The molecule has 0 fully saturated rings. The molecule has 6 heteroatoms. The molecule has 0 N–H and O–H groups in total. The Labute approximate surface area is 489 Å². The van der Waals surface area contributed by atoms with Crippen LogP contribution in [0.2, 0.25) is 0 Å². The summed E-state index contributed by atoms with van der Waals surface area (Å²) in [6.07, 6.45) is 89.9. The van der Waals surface area contributed by atoms with Gasteiger partial charge in [0, 0.05) is 19.3 Å². The monoisotopic (exact) mass is 1100 g/mol. The number of rotatable bonds is 61. The van der Waals surface area contributed by atoms with Gasteiger partial charge >= 0.3 is 17.9 Å². The molecule has 454 valence electrons. The van der Waals surface area contributed by atoms with Crippen molar-refractivity contribution in [2.45, 2.75) is 335 Å². The van der Waals surface area contributed by atoms with Crippen LogP contribution in [-0.2, 0) is 28.6 Å². The van der Waals surface area contributed by atoms with Gasteiger partial charge in [0.1, 0.15) is 13.2 Å². The zero-order valence-corrected chi connectivity index (χ0v) is 52.1. The molecule has 1 atom stereocenters. The van der Waals surface area contributed by atoms with E-state index in [0.29, 0.717) is 19.3 Å². The van der Waals surface area contributed by atoms with Gasteiger partial charge in [-0.15, -0.1) is 0 Å². The lowest BCUT2D eigenvalue weighted by Crippen LogP contribution is -2.30. The average Bonchev–Trinajstić information content (AvgIpc) is 3.45. The van der Waals surface area contributed by atoms with Crippen LogP contribution in [0.3, 0.4) is 0 Å². The first kappa shape index (κ1) is 75.3. The number of hydrogen-bond donors (Lipinski definition) is 0. The molecule has 0 aliphatic rings. The average molecular weight is 1100 g/mol. The predicted molar refractivity (Wildman–Crippen MR) is 344 cm³/mol. The van der Waals surface area contributed by atoms with Gasteiger partial charge in [0.2, 0.25) is 0 Å². The lowest BCUT2D eigenvalue weighted by Gasteiger charge is -2.18. The van der Waals surface area contributed by atoms with Crippen LogP contribution in [0.5, 0.6) is 0 Å². The van der Waals surface area contributed by atoms with Crippen LogP contribution in [0.1, 0.15) is 329 Å². The summed E-state index contributed by atoms with van der Waals surface area (Å²) in [7, 11) is 0. The van der Waals surface area contributed by atoms with Crippen molar-refractivity contribution in [3.8, 4) is 0 Å². The molecular weight excluding hydrogens is 973 g/mol. The van der Waals surface area contributed by atoms with Crippen LogP contribution in [-0.4, -0.2) is 37.2 Å². The molecule has 79 heavy (non-hydrogen) atoms. The van der Waals surface area contributed by atoms with Gasteiger partial charge < -0.3 is 14.2 Å². The third kappa shape index (κ3) is 65.0. The van der Waals surface area contributed by atoms with E-state index >= 15 is 0 Å². The summed E-state index contributed by atoms with van der Waals surface area (Å²) in [6, 6.07) is 0. The minimum Gasteiger partial charge on any atom is -0.462 e. The zero-order chi connectivity index (χ0) is 57.1. The van der Waals surface area contributed by atoms with Gasteiger partial charge in [0.15, 0.2) is 6.10 Å². The molecule has 0 spiro atoms. The maximum absolute atomic E-state index is 13.0. The summed E-state index contributed by atoms with van der Waals surface area (Å²) in [5.74, 6) is -0.922. The maximum Gasteiger partial charge on any atom is 0.306 e.